The zero-order valence-electron chi connectivity index (χ0n) is 64.5. The van der Waals surface area contributed by atoms with E-state index in [1.807, 2.05) is 6.08 Å². The molecule has 2 aliphatic rings. The van der Waals surface area contributed by atoms with Crippen LogP contribution in [0.15, 0.2) is 60.8 Å². The molecular weight excluding hydrogens is 1250 g/mol. The SMILES string of the molecule is CC/C=C\C/C=C\C/C=C\C/C=C\CCCCCCCCCCCCCCCCCCCCCCCCC(=O)NC(COC1OC(CO)C(OC2OC(CO)C(O)C(O)C2O)C(O)C1O)C(O)/C=C/CCCCCCCCCCCCCCCCCCCCCCCCCCCCCCC. The number of allylic oxidation sites excluding steroid dienone is 9. The number of hydrogen-bond acceptors (Lipinski definition) is 13. The number of aliphatic hydroxyl groups excluding tert-OH is 8. The smallest absolute Gasteiger partial charge is 0.220 e. The van der Waals surface area contributed by atoms with Gasteiger partial charge in [-0.05, 0) is 57.8 Å². The van der Waals surface area contributed by atoms with Crippen LogP contribution in [0, 0.1) is 0 Å². The third-order valence-electron chi connectivity index (χ3n) is 20.7. The van der Waals surface area contributed by atoms with Crippen molar-refractivity contribution in [1.82, 2.24) is 5.32 Å². The molecule has 2 saturated heterocycles. The van der Waals surface area contributed by atoms with E-state index in [1.165, 1.54) is 295 Å². The Balaban J connectivity index is 1.59. The second kappa shape index (κ2) is 69.7. The maximum Gasteiger partial charge on any atom is 0.220 e. The Morgan fingerprint density at radius 2 is 0.690 bits per heavy atom. The molecule has 0 radical (unpaired) electrons. The molecule has 0 bridgehead atoms. The summed E-state index contributed by atoms with van der Waals surface area (Å²) in [5, 5.41) is 87.8. The number of nitrogens with one attached hydrogen (secondary N) is 1. The van der Waals surface area contributed by atoms with Crippen LogP contribution in [-0.4, -0.2) is 140 Å². The topological polar surface area (TPSA) is 228 Å². The summed E-state index contributed by atoms with van der Waals surface area (Å²) in [5.41, 5.74) is 0. The van der Waals surface area contributed by atoms with Crippen molar-refractivity contribution >= 4 is 5.91 Å². The molecule has 0 aliphatic carbocycles. The molecule has 2 aliphatic heterocycles. The van der Waals surface area contributed by atoms with E-state index >= 15 is 0 Å². The molecule has 12 atom stereocenters. The van der Waals surface area contributed by atoms with Crippen LogP contribution in [0.1, 0.15) is 386 Å². The summed E-state index contributed by atoms with van der Waals surface area (Å²) >= 11 is 0. The molecule has 2 rings (SSSR count). The normalized spacial score (nSPS) is 22.1. The number of carbonyl (C=O) groups is 1. The number of rotatable bonds is 72. The van der Waals surface area contributed by atoms with Gasteiger partial charge in [0.15, 0.2) is 12.6 Å². The van der Waals surface area contributed by atoms with Gasteiger partial charge >= 0.3 is 0 Å². The van der Waals surface area contributed by atoms with Crippen LogP contribution in [0.2, 0.25) is 0 Å². The number of unbranched alkanes of at least 4 members (excludes halogenated alkanes) is 51. The van der Waals surface area contributed by atoms with Gasteiger partial charge in [-0.1, -0.05) is 383 Å². The molecule has 12 unspecified atom stereocenters. The van der Waals surface area contributed by atoms with Crippen molar-refractivity contribution in [1.29, 1.82) is 0 Å². The van der Waals surface area contributed by atoms with E-state index < -0.39 is 86.8 Å². The second-order valence-electron chi connectivity index (χ2n) is 29.9. The predicted octanol–water partition coefficient (Wildman–Crippen LogP) is 19.9. The fraction of sp³-hybridized carbons (Fsp3) is 0.872. The molecule has 2 fully saturated rings. The monoisotopic (exact) mass is 1410 g/mol. The summed E-state index contributed by atoms with van der Waals surface area (Å²) in [5.74, 6) is -0.232. The van der Waals surface area contributed by atoms with Crippen LogP contribution in [0.5, 0.6) is 0 Å². The Labute approximate surface area is 613 Å². The van der Waals surface area contributed by atoms with Gasteiger partial charge in [-0.3, -0.25) is 4.79 Å². The van der Waals surface area contributed by atoms with Gasteiger partial charge in [0.1, 0.15) is 48.8 Å². The number of amides is 1. The van der Waals surface area contributed by atoms with Crippen molar-refractivity contribution < 1.29 is 64.6 Å². The summed E-state index contributed by atoms with van der Waals surface area (Å²) in [6, 6.07) is -0.917. The highest BCUT2D eigenvalue weighted by Gasteiger charge is 2.51. The summed E-state index contributed by atoms with van der Waals surface area (Å²) < 4.78 is 23.0. The van der Waals surface area contributed by atoms with Gasteiger partial charge in [-0.2, -0.15) is 0 Å². The van der Waals surface area contributed by atoms with Gasteiger partial charge in [-0.25, -0.2) is 0 Å². The summed E-state index contributed by atoms with van der Waals surface area (Å²) in [6.45, 7) is 2.75. The highest BCUT2D eigenvalue weighted by molar-refractivity contribution is 5.76. The van der Waals surface area contributed by atoms with Crippen LogP contribution in [-0.2, 0) is 23.7 Å². The van der Waals surface area contributed by atoms with Gasteiger partial charge in [0.05, 0.1) is 32.0 Å². The second-order valence-corrected chi connectivity index (χ2v) is 29.9. The molecule has 14 heteroatoms. The molecule has 1 amide bonds. The minimum Gasteiger partial charge on any atom is -0.394 e. The van der Waals surface area contributed by atoms with Gasteiger partial charge < -0.3 is 65.1 Å². The molecule has 0 aromatic carbocycles. The highest BCUT2D eigenvalue weighted by atomic mass is 16.7. The first-order valence-corrected chi connectivity index (χ1v) is 42.5. The lowest BCUT2D eigenvalue weighted by Gasteiger charge is -2.46. The van der Waals surface area contributed by atoms with Gasteiger partial charge in [0.25, 0.3) is 0 Å². The third-order valence-corrected chi connectivity index (χ3v) is 20.7. The Morgan fingerprint density at radius 3 is 1.06 bits per heavy atom. The number of ether oxygens (including phenoxy) is 4. The molecular formula is C86H159NO13. The average Bonchev–Trinajstić information content (AvgIpc) is 0.790. The summed E-state index contributed by atoms with van der Waals surface area (Å²) in [6.07, 6.45) is 78.9. The van der Waals surface area contributed by atoms with Gasteiger partial charge in [0, 0.05) is 6.42 Å². The first kappa shape index (κ1) is 93.8. The van der Waals surface area contributed by atoms with Crippen molar-refractivity contribution in [2.45, 2.75) is 460 Å². The van der Waals surface area contributed by atoms with E-state index in [0.29, 0.717) is 6.42 Å². The maximum atomic E-state index is 13.4. The molecule has 586 valence electrons. The lowest BCUT2D eigenvalue weighted by Crippen LogP contribution is -2.65. The Kier molecular flexibility index (Phi) is 65.4. The summed E-state index contributed by atoms with van der Waals surface area (Å²) in [4.78, 5) is 13.4. The van der Waals surface area contributed by atoms with Crippen molar-refractivity contribution in [2.75, 3.05) is 19.8 Å². The van der Waals surface area contributed by atoms with Gasteiger partial charge in [0.2, 0.25) is 5.91 Å². The Bertz CT molecular complexity index is 1910. The number of hydrogen-bond donors (Lipinski definition) is 9. The summed E-state index contributed by atoms with van der Waals surface area (Å²) in [7, 11) is 0. The molecule has 100 heavy (non-hydrogen) atoms. The molecule has 0 spiro atoms. The van der Waals surface area contributed by atoms with E-state index in [9.17, 15) is 45.6 Å². The van der Waals surface area contributed by atoms with E-state index in [2.05, 4.69) is 67.8 Å². The predicted molar refractivity (Wildman–Crippen MR) is 415 cm³/mol. The van der Waals surface area contributed by atoms with Crippen molar-refractivity contribution in [3.05, 3.63) is 60.8 Å². The van der Waals surface area contributed by atoms with Gasteiger partial charge in [-0.15, -0.1) is 0 Å². The van der Waals surface area contributed by atoms with E-state index in [1.54, 1.807) is 6.08 Å². The van der Waals surface area contributed by atoms with Crippen LogP contribution in [0.3, 0.4) is 0 Å². The van der Waals surface area contributed by atoms with Crippen molar-refractivity contribution in [3.8, 4) is 0 Å². The highest BCUT2D eigenvalue weighted by Crippen LogP contribution is 2.30. The molecule has 14 nitrogen and oxygen atoms in total. The standard InChI is InChI=1S/C86H159NO13/c1-3-5-7-9-11-13-15-17-19-21-23-25-27-29-31-33-35-36-37-38-40-42-44-46-48-50-52-54-56-58-60-62-64-66-68-70-78(91)87-74(73-97-85-83(96)81(94)84(77(72-89)99-85)100-86-82(95)80(93)79(92)76(71-88)98-86)75(90)69-67-65-63-61-59-57-55-53-51-49-47-45-43-41-39-34-32-30-28-26-24-22-20-18-16-14-12-10-8-6-4-2/h5,7,11,13,17,19,23,25,67,69,74-77,79-86,88-90,92-96H,3-4,6,8-10,12,14-16,18,20-22,24,26-66,68,70-73H2,1-2H3,(H,87,91)/b7-5-,13-11-,19-17-,25-23-,69-67+. The first-order valence-electron chi connectivity index (χ1n) is 42.5. The Morgan fingerprint density at radius 1 is 0.370 bits per heavy atom. The van der Waals surface area contributed by atoms with E-state index in [0.717, 1.165) is 64.2 Å². The lowest BCUT2D eigenvalue weighted by molar-refractivity contribution is -0.359. The number of aliphatic hydroxyl groups is 8. The first-order chi connectivity index (χ1) is 49.1. The third kappa shape index (κ3) is 51.8. The maximum absolute atomic E-state index is 13.4. The van der Waals surface area contributed by atoms with Crippen LogP contribution in [0.4, 0.5) is 0 Å². The van der Waals surface area contributed by atoms with E-state index in [4.69, 9.17) is 18.9 Å². The molecule has 0 aromatic rings. The Hall–Kier alpha value is -2.31. The molecule has 0 aromatic heterocycles. The fourth-order valence-corrected chi connectivity index (χ4v) is 14.1. The number of carbonyl (C=O) groups excluding carboxylic acids is 1. The zero-order chi connectivity index (χ0) is 72.2. The molecule has 9 N–H and O–H groups in total. The fourth-order valence-electron chi connectivity index (χ4n) is 14.1. The van der Waals surface area contributed by atoms with Crippen molar-refractivity contribution in [3.63, 3.8) is 0 Å². The van der Waals surface area contributed by atoms with E-state index in [-0.39, 0.29) is 18.9 Å². The lowest BCUT2D eigenvalue weighted by atomic mass is 9.97. The minimum absolute atomic E-state index is 0.232. The largest absolute Gasteiger partial charge is 0.394 e. The molecule has 2 heterocycles. The van der Waals surface area contributed by atoms with Crippen LogP contribution < -0.4 is 5.32 Å². The van der Waals surface area contributed by atoms with Crippen LogP contribution >= 0.6 is 0 Å². The van der Waals surface area contributed by atoms with Crippen LogP contribution in [0.25, 0.3) is 0 Å². The quantitative estimate of drug-likeness (QED) is 0.0204. The minimum atomic E-state index is -1.79. The molecule has 0 saturated carbocycles. The van der Waals surface area contributed by atoms with Crippen molar-refractivity contribution in [2.24, 2.45) is 0 Å². The zero-order valence-corrected chi connectivity index (χ0v) is 64.5. The average molecular weight is 1420 g/mol.